The van der Waals surface area contributed by atoms with Gasteiger partial charge >= 0.3 is 0 Å². The summed E-state index contributed by atoms with van der Waals surface area (Å²) in [5.41, 5.74) is 3.56. The van der Waals surface area contributed by atoms with E-state index in [2.05, 4.69) is 71.9 Å². The SMILES string of the molecule is C=Cc1ccc(-n2ccc3ccccc32)cc1. The molecule has 0 spiro atoms. The lowest BCUT2D eigenvalue weighted by Gasteiger charge is -2.05. The smallest absolute Gasteiger partial charge is 0.0528 e. The molecule has 1 heterocycles. The Morgan fingerprint density at radius 2 is 1.65 bits per heavy atom. The number of rotatable bonds is 2. The molecule has 1 heteroatoms. The van der Waals surface area contributed by atoms with Crippen LogP contribution in [-0.2, 0) is 0 Å². The maximum absolute atomic E-state index is 3.77. The van der Waals surface area contributed by atoms with E-state index in [1.54, 1.807) is 0 Å². The van der Waals surface area contributed by atoms with E-state index in [4.69, 9.17) is 0 Å². The van der Waals surface area contributed by atoms with E-state index in [1.165, 1.54) is 16.6 Å². The molecule has 2 aromatic carbocycles. The molecule has 82 valence electrons. The number of hydrogen-bond donors (Lipinski definition) is 0. The number of aromatic nitrogens is 1. The van der Waals surface area contributed by atoms with Gasteiger partial charge in [0.15, 0.2) is 0 Å². The molecular formula is C16H13N. The van der Waals surface area contributed by atoms with Crippen LogP contribution in [0.15, 0.2) is 67.4 Å². The number of hydrogen-bond acceptors (Lipinski definition) is 0. The van der Waals surface area contributed by atoms with Gasteiger partial charge < -0.3 is 4.57 Å². The third-order valence-electron chi connectivity index (χ3n) is 3.01. The maximum atomic E-state index is 3.77. The number of benzene rings is 2. The van der Waals surface area contributed by atoms with Crippen molar-refractivity contribution in [3.05, 3.63) is 72.9 Å². The molecular weight excluding hydrogens is 206 g/mol. The number of fused-ring (bicyclic) bond motifs is 1. The van der Waals surface area contributed by atoms with Crippen molar-refractivity contribution in [2.24, 2.45) is 0 Å². The lowest BCUT2D eigenvalue weighted by atomic mass is 10.2. The molecule has 3 rings (SSSR count). The zero-order valence-corrected chi connectivity index (χ0v) is 9.51. The lowest BCUT2D eigenvalue weighted by Crippen LogP contribution is -1.90. The Morgan fingerprint density at radius 3 is 2.41 bits per heavy atom. The normalized spacial score (nSPS) is 10.6. The van der Waals surface area contributed by atoms with Gasteiger partial charge in [-0.3, -0.25) is 0 Å². The zero-order valence-electron chi connectivity index (χ0n) is 9.51. The monoisotopic (exact) mass is 219 g/mol. The molecule has 0 amide bonds. The van der Waals surface area contributed by atoms with Gasteiger partial charge in [-0.05, 0) is 35.2 Å². The topological polar surface area (TPSA) is 4.93 Å². The van der Waals surface area contributed by atoms with Crippen molar-refractivity contribution in [1.82, 2.24) is 4.57 Å². The summed E-state index contributed by atoms with van der Waals surface area (Å²) in [6.45, 7) is 3.77. The molecule has 0 bridgehead atoms. The summed E-state index contributed by atoms with van der Waals surface area (Å²) < 4.78 is 2.20. The van der Waals surface area contributed by atoms with Crippen LogP contribution in [0.5, 0.6) is 0 Å². The number of para-hydroxylation sites is 1. The standard InChI is InChI=1S/C16H13N/c1-2-13-7-9-15(10-8-13)17-12-11-14-5-3-4-6-16(14)17/h2-12H,1H2. The molecule has 0 fully saturated rings. The summed E-state index contributed by atoms with van der Waals surface area (Å²) in [5.74, 6) is 0. The van der Waals surface area contributed by atoms with Crippen molar-refractivity contribution < 1.29 is 0 Å². The largest absolute Gasteiger partial charge is 0.317 e. The highest BCUT2D eigenvalue weighted by Gasteiger charge is 2.01. The average Bonchev–Trinajstić information content (AvgIpc) is 2.83. The molecule has 0 atom stereocenters. The highest BCUT2D eigenvalue weighted by atomic mass is 15.0. The molecule has 0 aliphatic heterocycles. The quantitative estimate of drug-likeness (QED) is 0.606. The van der Waals surface area contributed by atoms with Crippen LogP contribution in [0.1, 0.15) is 5.56 Å². The fourth-order valence-electron chi connectivity index (χ4n) is 2.08. The van der Waals surface area contributed by atoms with Gasteiger partial charge in [0.25, 0.3) is 0 Å². The Morgan fingerprint density at radius 1 is 0.882 bits per heavy atom. The molecule has 0 unspecified atom stereocenters. The first-order valence-electron chi connectivity index (χ1n) is 5.67. The Kier molecular flexibility index (Phi) is 2.30. The molecule has 0 aliphatic rings. The van der Waals surface area contributed by atoms with E-state index in [1.807, 2.05) is 6.08 Å². The molecule has 0 N–H and O–H groups in total. The van der Waals surface area contributed by atoms with Gasteiger partial charge in [-0.25, -0.2) is 0 Å². The average molecular weight is 219 g/mol. The molecule has 0 saturated heterocycles. The molecule has 1 aromatic heterocycles. The van der Waals surface area contributed by atoms with Gasteiger partial charge in [0.2, 0.25) is 0 Å². The van der Waals surface area contributed by atoms with E-state index in [0.29, 0.717) is 0 Å². The van der Waals surface area contributed by atoms with Crippen LogP contribution in [0.25, 0.3) is 22.7 Å². The summed E-state index contributed by atoms with van der Waals surface area (Å²) in [4.78, 5) is 0. The fourth-order valence-corrected chi connectivity index (χ4v) is 2.08. The predicted molar refractivity (Wildman–Crippen MR) is 73.4 cm³/mol. The van der Waals surface area contributed by atoms with E-state index >= 15 is 0 Å². The second-order valence-corrected chi connectivity index (χ2v) is 4.04. The van der Waals surface area contributed by atoms with E-state index in [9.17, 15) is 0 Å². The van der Waals surface area contributed by atoms with Gasteiger partial charge in [-0.2, -0.15) is 0 Å². The summed E-state index contributed by atoms with van der Waals surface area (Å²) >= 11 is 0. The summed E-state index contributed by atoms with van der Waals surface area (Å²) in [5, 5.41) is 1.26. The first-order valence-corrected chi connectivity index (χ1v) is 5.67. The number of nitrogens with zero attached hydrogens (tertiary/aromatic N) is 1. The van der Waals surface area contributed by atoms with E-state index < -0.39 is 0 Å². The molecule has 1 nitrogen and oxygen atoms in total. The minimum Gasteiger partial charge on any atom is -0.317 e. The fraction of sp³-hybridized carbons (Fsp3) is 0. The summed E-state index contributed by atoms with van der Waals surface area (Å²) in [6, 6.07) is 18.9. The molecule has 0 saturated carbocycles. The Hall–Kier alpha value is -2.28. The molecule has 17 heavy (non-hydrogen) atoms. The van der Waals surface area contributed by atoms with Crippen LogP contribution in [-0.4, -0.2) is 4.57 Å². The highest BCUT2D eigenvalue weighted by molar-refractivity contribution is 5.81. The van der Waals surface area contributed by atoms with Gasteiger partial charge in [0, 0.05) is 11.9 Å². The van der Waals surface area contributed by atoms with Crippen LogP contribution >= 0.6 is 0 Å². The van der Waals surface area contributed by atoms with Gasteiger partial charge in [-0.15, -0.1) is 0 Å². The molecule has 3 aromatic rings. The third kappa shape index (κ3) is 1.66. The Labute approximate surface area is 101 Å². The molecule has 0 radical (unpaired) electrons. The third-order valence-corrected chi connectivity index (χ3v) is 3.01. The summed E-state index contributed by atoms with van der Waals surface area (Å²) in [7, 11) is 0. The van der Waals surface area contributed by atoms with E-state index in [0.717, 1.165) is 5.56 Å². The second-order valence-electron chi connectivity index (χ2n) is 4.04. The van der Waals surface area contributed by atoms with E-state index in [-0.39, 0.29) is 0 Å². The zero-order chi connectivity index (χ0) is 11.7. The van der Waals surface area contributed by atoms with Crippen molar-refractivity contribution >= 4 is 17.0 Å². The van der Waals surface area contributed by atoms with Gasteiger partial charge in [0.05, 0.1) is 5.52 Å². The Bertz CT molecular complexity index is 659. The Balaban J connectivity index is 2.16. The van der Waals surface area contributed by atoms with Crippen LogP contribution < -0.4 is 0 Å². The first kappa shape index (κ1) is 9.91. The van der Waals surface area contributed by atoms with Crippen molar-refractivity contribution in [3.8, 4) is 5.69 Å². The van der Waals surface area contributed by atoms with Crippen LogP contribution in [0.2, 0.25) is 0 Å². The van der Waals surface area contributed by atoms with Gasteiger partial charge in [0.1, 0.15) is 0 Å². The van der Waals surface area contributed by atoms with Crippen molar-refractivity contribution in [2.45, 2.75) is 0 Å². The van der Waals surface area contributed by atoms with Crippen molar-refractivity contribution in [2.75, 3.05) is 0 Å². The lowest BCUT2D eigenvalue weighted by molar-refractivity contribution is 1.13. The maximum Gasteiger partial charge on any atom is 0.0528 e. The van der Waals surface area contributed by atoms with Crippen LogP contribution in [0, 0.1) is 0 Å². The first-order chi connectivity index (χ1) is 8.38. The van der Waals surface area contributed by atoms with Crippen molar-refractivity contribution in [3.63, 3.8) is 0 Å². The minimum atomic E-state index is 1.14. The highest BCUT2D eigenvalue weighted by Crippen LogP contribution is 2.20. The summed E-state index contributed by atoms with van der Waals surface area (Å²) in [6.07, 6.45) is 3.96. The predicted octanol–water partition coefficient (Wildman–Crippen LogP) is 4.27. The second kappa shape index (κ2) is 3.95. The van der Waals surface area contributed by atoms with Crippen LogP contribution in [0.3, 0.4) is 0 Å². The molecule has 0 aliphatic carbocycles. The van der Waals surface area contributed by atoms with Crippen LogP contribution in [0.4, 0.5) is 0 Å². The van der Waals surface area contributed by atoms with Gasteiger partial charge in [-0.1, -0.05) is 43.0 Å². The minimum absolute atomic E-state index is 1.14. The van der Waals surface area contributed by atoms with Crippen molar-refractivity contribution in [1.29, 1.82) is 0 Å².